The van der Waals surface area contributed by atoms with Crippen LogP contribution in [0.3, 0.4) is 0 Å². The van der Waals surface area contributed by atoms with Crippen molar-refractivity contribution in [2.75, 3.05) is 13.3 Å². The monoisotopic (exact) mass is 306 g/mol. The minimum absolute atomic E-state index is 0.117. The molecule has 2 rings (SSSR count). The van der Waals surface area contributed by atoms with Crippen LogP contribution in [0.25, 0.3) is 0 Å². The van der Waals surface area contributed by atoms with Crippen molar-refractivity contribution in [2.45, 2.75) is 17.8 Å². The topological polar surface area (TPSA) is 41.5 Å². The minimum atomic E-state index is -2.72. The van der Waals surface area contributed by atoms with Gasteiger partial charge in [-0.1, -0.05) is 0 Å². The summed E-state index contributed by atoms with van der Waals surface area (Å²) in [6.07, 6.45) is 1.55. The second-order valence-electron chi connectivity index (χ2n) is 3.66. The van der Waals surface area contributed by atoms with Gasteiger partial charge in [-0.15, -0.1) is 0 Å². The fourth-order valence-electron chi connectivity index (χ4n) is 1.59. The molecule has 0 aliphatic carbocycles. The first-order valence-corrected chi connectivity index (χ1v) is 9.02. The van der Waals surface area contributed by atoms with Crippen molar-refractivity contribution in [3.05, 3.63) is 30.3 Å². The van der Waals surface area contributed by atoms with Crippen LogP contribution in [0.5, 0.6) is 0 Å². The Labute approximate surface area is 103 Å². The molecule has 1 aliphatic rings. The van der Waals surface area contributed by atoms with E-state index in [0.717, 1.165) is 11.7 Å². The Morgan fingerprint density at radius 1 is 1.50 bits per heavy atom. The molecular formula is C11H15O3PSe. The molecule has 88 valence electrons. The summed E-state index contributed by atoms with van der Waals surface area (Å²) < 4.78 is 11.7. The molecule has 0 aromatic heterocycles. The van der Waals surface area contributed by atoms with E-state index in [2.05, 4.69) is 12.1 Å². The van der Waals surface area contributed by atoms with Crippen molar-refractivity contribution in [2.24, 2.45) is 0 Å². The molecule has 1 aliphatic heterocycles. The third kappa shape index (κ3) is 3.27. The number of hydrogen-bond donors (Lipinski definition) is 0. The van der Waals surface area contributed by atoms with Gasteiger partial charge in [0.1, 0.15) is 0 Å². The van der Waals surface area contributed by atoms with E-state index in [9.17, 15) is 4.89 Å². The summed E-state index contributed by atoms with van der Waals surface area (Å²) in [4.78, 5) is 11.8. The number of benzene rings is 1. The summed E-state index contributed by atoms with van der Waals surface area (Å²) in [5.41, 5.74) is 0. The molecule has 0 spiro atoms. The average molecular weight is 305 g/mol. The van der Waals surface area contributed by atoms with Crippen LogP contribution in [0.1, 0.15) is 6.42 Å². The molecule has 2 atom stereocenters. The van der Waals surface area contributed by atoms with Gasteiger partial charge < -0.3 is 0 Å². The maximum absolute atomic E-state index is 11.8. The standard InChI is InChI=1S/C11H15O3PSe/c1-13-15(12)8-7-10(14-15)9-16-11-5-3-2-4-6-11/h2-6,10H,7-9H2,1H3/t10-,15?/m0/s1. The quantitative estimate of drug-likeness (QED) is 0.615. The molecule has 3 nitrogen and oxygen atoms in total. The summed E-state index contributed by atoms with van der Waals surface area (Å²) in [6.45, 7) is 0. The molecule has 0 radical (unpaired) electrons. The van der Waals surface area contributed by atoms with Crippen LogP contribution < -0.4 is 9.36 Å². The molecule has 0 saturated carbocycles. The van der Waals surface area contributed by atoms with Crippen LogP contribution in [0.2, 0.25) is 5.32 Å². The van der Waals surface area contributed by atoms with Gasteiger partial charge in [-0.25, -0.2) is 0 Å². The molecule has 0 N–H and O–H groups in total. The van der Waals surface area contributed by atoms with Gasteiger partial charge in [0.15, 0.2) is 0 Å². The Bertz CT molecular complexity index is 335. The van der Waals surface area contributed by atoms with E-state index < -0.39 is 7.94 Å². The molecule has 1 fully saturated rings. The van der Waals surface area contributed by atoms with Crippen LogP contribution >= 0.6 is 7.94 Å². The fraction of sp³-hybridized carbons (Fsp3) is 0.455. The van der Waals surface area contributed by atoms with Gasteiger partial charge in [0, 0.05) is 0 Å². The van der Waals surface area contributed by atoms with Gasteiger partial charge in [0.25, 0.3) is 0 Å². The first kappa shape index (κ1) is 12.5. The van der Waals surface area contributed by atoms with E-state index in [-0.39, 0.29) is 6.10 Å². The van der Waals surface area contributed by atoms with Crippen LogP contribution in [0.4, 0.5) is 0 Å². The molecule has 1 heterocycles. The van der Waals surface area contributed by atoms with Crippen LogP contribution in [-0.4, -0.2) is 34.3 Å². The Morgan fingerprint density at radius 3 is 2.88 bits per heavy atom. The molecule has 1 unspecified atom stereocenters. The number of hydrogen-bond acceptors (Lipinski definition) is 3. The Morgan fingerprint density at radius 2 is 2.25 bits per heavy atom. The van der Waals surface area contributed by atoms with E-state index in [1.54, 1.807) is 0 Å². The summed E-state index contributed by atoms with van der Waals surface area (Å²) in [6, 6.07) is 10.4. The van der Waals surface area contributed by atoms with Gasteiger partial charge in [-0.2, -0.15) is 0 Å². The molecule has 0 amide bonds. The van der Waals surface area contributed by atoms with E-state index in [1.165, 1.54) is 11.6 Å². The fourth-order valence-corrected chi connectivity index (χ4v) is 5.45. The zero-order chi connectivity index (χ0) is 11.4. The predicted molar refractivity (Wildman–Crippen MR) is 64.9 cm³/mol. The van der Waals surface area contributed by atoms with E-state index >= 15 is 0 Å². The summed E-state index contributed by atoms with van der Waals surface area (Å²) in [5, 5.41) is 0.977. The molecule has 0 bridgehead atoms. The number of rotatable bonds is 4. The zero-order valence-corrected chi connectivity index (χ0v) is 11.8. The Hall–Kier alpha value is 0.0495. The predicted octanol–water partition coefficient (Wildman–Crippen LogP) is 0.993. The first-order valence-electron chi connectivity index (χ1n) is 5.23. The summed E-state index contributed by atoms with van der Waals surface area (Å²) >= 11 is 0.398. The van der Waals surface area contributed by atoms with Crippen molar-refractivity contribution in [3.63, 3.8) is 0 Å². The average Bonchev–Trinajstić information content (AvgIpc) is 2.71. The van der Waals surface area contributed by atoms with Crippen molar-refractivity contribution in [3.8, 4) is 0 Å². The first-order chi connectivity index (χ1) is 7.72. The maximum atomic E-state index is 11.8. The molecular weight excluding hydrogens is 290 g/mol. The molecule has 1 saturated heterocycles. The van der Waals surface area contributed by atoms with E-state index in [0.29, 0.717) is 21.1 Å². The summed E-state index contributed by atoms with van der Waals surface area (Å²) in [5.74, 6) is 0. The van der Waals surface area contributed by atoms with Gasteiger partial charge >= 0.3 is 103 Å². The normalized spacial score (nSPS) is 29.5. The molecule has 5 heteroatoms. The van der Waals surface area contributed by atoms with E-state index in [4.69, 9.17) is 9.05 Å². The van der Waals surface area contributed by atoms with Gasteiger partial charge in [-0.05, 0) is 0 Å². The van der Waals surface area contributed by atoms with Crippen LogP contribution in [-0.2, 0) is 9.05 Å². The van der Waals surface area contributed by atoms with Crippen molar-refractivity contribution >= 4 is 27.4 Å². The Balaban J connectivity index is 1.80. The van der Waals surface area contributed by atoms with Gasteiger partial charge in [0.05, 0.1) is 0 Å². The third-order valence-electron chi connectivity index (χ3n) is 2.49. The Kier molecular flexibility index (Phi) is 4.37. The third-order valence-corrected chi connectivity index (χ3v) is 6.87. The second-order valence-corrected chi connectivity index (χ2v) is 8.20. The SMILES string of the molecule is CO[P+]1([O-])CC[C@@H](C[Se]c2ccccc2)O1. The molecule has 16 heavy (non-hydrogen) atoms. The van der Waals surface area contributed by atoms with Gasteiger partial charge in [-0.3, -0.25) is 0 Å². The van der Waals surface area contributed by atoms with Crippen molar-refractivity contribution in [1.82, 2.24) is 0 Å². The molecule has 1 aromatic carbocycles. The van der Waals surface area contributed by atoms with Crippen molar-refractivity contribution in [1.29, 1.82) is 0 Å². The second kappa shape index (κ2) is 5.59. The molecule has 1 aromatic rings. The zero-order valence-electron chi connectivity index (χ0n) is 9.17. The van der Waals surface area contributed by atoms with Gasteiger partial charge in [0.2, 0.25) is 0 Å². The van der Waals surface area contributed by atoms with Crippen LogP contribution in [0.15, 0.2) is 30.3 Å². The van der Waals surface area contributed by atoms with Crippen LogP contribution in [0, 0.1) is 0 Å². The van der Waals surface area contributed by atoms with E-state index in [1.807, 2.05) is 18.2 Å². The summed E-state index contributed by atoms with van der Waals surface area (Å²) in [7, 11) is -1.25. The van der Waals surface area contributed by atoms with Crippen molar-refractivity contribution < 1.29 is 13.9 Å².